The number of hydrogen-bond acceptors (Lipinski definition) is 8. The van der Waals surface area contributed by atoms with E-state index in [4.69, 9.17) is 9.72 Å². The topological polar surface area (TPSA) is 138 Å². The van der Waals surface area contributed by atoms with Crippen LogP contribution in [0.5, 0.6) is 0 Å². The number of nitrogens with one attached hydrogen (secondary N) is 1. The molecule has 2 aromatic carbocycles. The molecule has 2 fully saturated rings. The first-order chi connectivity index (χ1) is 27.1. The van der Waals surface area contributed by atoms with Crippen LogP contribution in [0.3, 0.4) is 0 Å². The monoisotopic (exact) mass is 777 g/mol. The molecule has 1 N–H and O–H groups in total. The highest BCUT2D eigenvalue weighted by atomic mass is 16.6. The van der Waals surface area contributed by atoms with Gasteiger partial charge in [0.15, 0.2) is 5.82 Å². The molecule has 0 unspecified atom stereocenters. The van der Waals surface area contributed by atoms with Gasteiger partial charge in [-0.15, -0.1) is 0 Å². The van der Waals surface area contributed by atoms with Gasteiger partial charge in [-0.3, -0.25) is 24.0 Å². The molecule has 57 heavy (non-hydrogen) atoms. The lowest BCUT2D eigenvalue weighted by Gasteiger charge is -2.53. The van der Waals surface area contributed by atoms with Crippen LogP contribution in [0.2, 0.25) is 0 Å². The molecule has 0 atom stereocenters. The summed E-state index contributed by atoms with van der Waals surface area (Å²) in [5.41, 5.74) is 5.09. The van der Waals surface area contributed by atoms with Crippen molar-refractivity contribution in [1.29, 1.82) is 0 Å². The number of rotatable bonds is 9. The van der Waals surface area contributed by atoms with Gasteiger partial charge >= 0.3 is 6.09 Å². The Morgan fingerprint density at radius 1 is 0.877 bits per heavy atom. The molecule has 2 aromatic heterocycles. The zero-order valence-electron chi connectivity index (χ0n) is 34.2. The summed E-state index contributed by atoms with van der Waals surface area (Å²) in [5.74, 6) is 0.0702. The van der Waals surface area contributed by atoms with Crippen molar-refractivity contribution in [2.24, 2.45) is 0 Å². The highest BCUT2D eigenvalue weighted by Gasteiger charge is 2.49. The Balaban J connectivity index is 0.936. The molecule has 302 valence electrons. The van der Waals surface area contributed by atoms with E-state index in [1.165, 1.54) is 0 Å². The van der Waals surface area contributed by atoms with Crippen molar-refractivity contribution in [3.63, 3.8) is 0 Å². The number of amides is 4. The van der Waals surface area contributed by atoms with Crippen LogP contribution < -0.4 is 5.32 Å². The predicted molar refractivity (Wildman–Crippen MR) is 216 cm³/mol. The van der Waals surface area contributed by atoms with Crippen LogP contribution in [-0.4, -0.2) is 109 Å². The van der Waals surface area contributed by atoms with Gasteiger partial charge in [0, 0.05) is 77.4 Å². The van der Waals surface area contributed by atoms with E-state index < -0.39 is 5.60 Å². The third kappa shape index (κ3) is 8.18. The third-order valence-corrected chi connectivity index (χ3v) is 11.6. The number of aromatic nitrogens is 4. The van der Waals surface area contributed by atoms with Gasteiger partial charge in [0.25, 0.3) is 17.7 Å². The number of carbonyl (C=O) groups excluding carboxylic acids is 4. The van der Waals surface area contributed by atoms with Gasteiger partial charge in [-0.1, -0.05) is 24.3 Å². The van der Waals surface area contributed by atoms with Crippen LogP contribution >= 0.6 is 0 Å². The van der Waals surface area contributed by atoms with E-state index in [1.807, 2.05) is 87.1 Å². The maximum atomic E-state index is 13.8. The van der Waals surface area contributed by atoms with Gasteiger partial charge in [-0.25, -0.2) is 9.78 Å². The minimum Gasteiger partial charge on any atom is -0.444 e. The largest absolute Gasteiger partial charge is 0.444 e. The lowest BCUT2D eigenvalue weighted by atomic mass is 9.72. The van der Waals surface area contributed by atoms with Crippen molar-refractivity contribution >= 4 is 29.5 Å². The second-order valence-electron chi connectivity index (χ2n) is 16.9. The Kier molecular flexibility index (Phi) is 11.0. The van der Waals surface area contributed by atoms with E-state index in [0.717, 1.165) is 67.7 Å². The minimum absolute atomic E-state index is 0.00883. The van der Waals surface area contributed by atoms with Gasteiger partial charge in [0.2, 0.25) is 0 Å². The van der Waals surface area contributed by atoms with Crippen molar-refractivity contribution in [2.75, 3.05) is 46.1 Å². The fraction of sp³-hybridized carbons (Fsp3) is 0.488. The average Bonchev–Trinajstić information content (AvgIpc) is 3.77. The van der Waals surface area contributed by atoms with Crippen molar-refractivity contribution in [2.45, 2.75) is 96.6 Å². The smallest absolute Gasteiger partial charge is 0.410 e. The number of hydrogen-bond donors (Lipinski definition) is 1. The molecular weight excluding hydrogens is 723 g/mol. The van der Waals surface area contributed by atoms with E-state index in [0.29, 0.717) is 48.8 Å². The Hall–Kier alpha value is -5.50. The molecule has 14 heteroatoms. The summed E-state index contributed by atoms with van der Waals surface area (Å²) in [6, 6.07) is 15.5. The quantitative estimate of drug-likeness (QED) is 0.216. The SMILES string of the molecule is Cc1c(C(=O)Nc2ccc(CN(C)C(=O)c3ncc4n3CCN(Cc3ccc(C(=O)N(C)C)cc3)C43CCC3)cc2)cnn1C1CCN(C(=O)OC(C)(C)C)CC1. The summed E-state index contributed by atoms with van der Waals surface area (Å²) in [7, 11) is 5.31. The predicted octanol–water partition coefficient (Wildman–Crippen LogP) is 6.08. The lowest BCUT2D eigenvalue weighted by molar-refractivity contribution is -0.0218. The van der Waals surface area contributed by atoms with E-state index in [-0.39, 0.29) is 35.4 Å². The van der Waals surface area contributed by atoms with E-state index in [2.05, 4.69) is 19.9 Å². The molecule has 4 heterocycles. The van der Waals surface area contributed by atoms with Gasteiger partial charge < -0.3 is 29.3 Å². The van der Waals surface area contributed by atoms with Crippen molar-refractivity contribution in [1.82, 2.24) is 38.9 Å². The summed E-state index contributed by atoms with van der Waals surface area (Å²) in [4.78, 5) is 64.3. The Labute approximate surface area is 334 Å². The third-order valence-electron chi connectivity index (χ3n) is 11.6. The van der Waals surface area contributed by atoms with Gasteiger partial charge in [0.1, 0.15) is 5.60 Å². The van der Waals surface area contributed by atoms with Crippen LogP contribution in [0.1, 0.15) is 113 Å². The van der Waals surface area contributed by atoms with Crippen LogP contribution in [0.25, 0.3) is 0 Å². The van der Waals surface area contributed by atoms with Crippen LogP contribution in [0.15, 0.2) is 60.9 Å². The molecule has 1 saturated heterocycles. The Morgan fingerprint density at radius 3 is 2.16 bits per heavy atom. The highest BCUT2D eigenvalue weighted by Crippen LogP contribution is 2.49. The van der Waals surface area contributed by atoms with Crippen LogP contribution in [-0.2, 0) is 29.9 Å². The van der Waals surface area contributed by atoms with Gasteiger partial charge in [-0.2, -0.15) is 5.10 Å². The summed E-state index contributed by atoms with van der Waals surface area (Å²) < 4.78 is 9.54. The maximum Gasteiger partial charge on any atom is 0.410 e. The molecule has 3 aliphatic rings. The Morgan fingerprint density at radius 2 is 1.54 bits per heavy atom. The summed E-state index contributed by atoms with van der Waals surface area (Å²) in [6.45, 7) is 11.2. The number of carbonyl (C=O) groups is 4. The lowest BCUT2D eigenvalue weighted by Crippen LogP contribution is -2.56. The summed E-state index contributed by atoms with van der Waals surface area (Å²) in [6.07, 6.45) is 7.80. The van der Waals surface area contributed by atoms with E-state index in [1.54, 1.807) is 42.0 Å². The zero-order valence-corrected chi connectivity index (χ0v) is 34.2. The molecule has 0 bridgehead atoms. The molecular formula is C43H55N9O5. The molecule has 7 rings (SSSR count). The molecule has 0 radical (unpaired) electrons. The van der Waals surface area contributed by atoms with Crippen LogP contribution in [0, 0.1) is 6.92 Å². The number of piperidine rings is 1. The second-order valence-corrected chi connectivity index (χ2v) is 16.9. The van der Waals surface area contributed by atoms with Crippen molar-refractivity contribution in [3.05, 3.63) is 100 Å². The van der Waals surface area contributed by atoms with Crippen LogP contribution in [0.4, 0.5) is 10.5 Å². The Bertz CT molecular complexity index is 2120. The van der Waals surface area contributed by atoms with Gasteiger partial charge in [0.05, 0.1) is 35.2 Å². The van der Waals surface area contributed by atoms with Gasteiger partial charge in [-0.05, 0) is 95.2 Å². The first-order valence-electron chi connectivity index (χ1n) is 19.9. The standard InChI is InChI=1S/C43H55N9O5/c1-29-35(25-45-52(29)34-17-21-49(22-18-34)41(56)57-42(2,3)4)38(53)46-33-15-11-30(12-16-33)27-48(7)40(55)37-44-26-36-43(19-8-20-43)50(23-24-51(36)37)28-31-9-13-32(14-10-31)39(54)47(5)6/h9-16,25-26,34H,8,17-24,27-28H2,1-7H3,(H,46,53). The fourth-order valence-electron chi connectivity index (χ4n) is 8.33. The highest BCUT2D eigenvalue weighted by molar-refractivity contribution is 6.05. The summed E-state index contributed by atoms with van der Waals surface area (Å²) >= 11 is 0. The molecule has 14 nitrogen and oxygen atoms in total. The van der Waals surface area contributed by atoms with E-state index >= 15 is 0 Å². The number of fused-ring (bicyclic) bond motifs is 2. The first-order valence-corrected chi connectivity index (χ1v) is 19.9. The first kappa shape index (κ1) is 39.7. The maximum absolute atomic E-state index is 13.8. The molecule has 1 spiro atoms. The molecule has 2 aliphatic heterocycles. The number of ether oxygens (including phenoxy) is 1. The fourth-order valence-corrected chi connectivity index (χ4v) is 8.33. The molecule has 1 aliphatic carbocycles. The molecule has 1 saturated carbocycles. The number of anilines is 1. The van der Waals surface area contributed by atoms with Crippen molar-refractivity contribution < 1.29 is 23.9 Å². The minimum atomic E-state index is -0.539. The van der Waals surface area contributed by atoms with Crippen molar-refractivity contribution in [3.8, 4) is 0 Å². The second kappa shape index (κ2) is 15.8. The summed E-state index contributed by atoms with van der Waals surface area (Å²) in [5, 5.41) is 7.55. The number of benzene rings is 2. The number of nitrogens with zero attached hydrogens (tertiary/aromatic N) is 8. The average molecular weight is 778 g/mol. The number of imidazole rings is 1. The normalized spacial score (nSPS) is 16.8. The van der Waals surface area contributed by atoms with E-state index in [9.17, 15) is 19.2 Å². The molecule has 4 aromatic rings. The molecule has 4 amide bonds. The zero-order chi connectivity index (χ0) is 40.6. The number of likely N-dealkylation sites (tertiary alicyclic amines) is 1.